The highest BCUT2D eigenvalue weighted by Gasteiger charge is 2.42. The molecule has 0 fully saturated rings. The van der Waals surface area contributed by atoms with Crippen LogP contribution in [0, 0.1) is 5.82 Å². The second-order valence-electron chi connectivity index (χ2n) is 13.4. The maximum Gasteiger partial charge on any atom is 0.256 e. The van der Waals surface area contributed by atoms with Crippen LogP contribution in [0.3, 0.4) is 0 Å². The molecule has 0 atom stereocenters. The zero-order valence-electron chi connectivity index (χ0n) is 28.3. The third-order valence-electron chi connectivity index (χ3n) is 9.05. The van der Waals surface area contributed by atoms with E-state index in [1.807, 2.05) is 103 Å². The van der Waals surface area contributed by atoms with Gasteiger partial charge in [-0.3, -0.25) is 4.79 Å². The van der Waals surface area contributed by atoms with Crippen LogP contribution in [0.15, 0.2) is 162 Å². The number of fused-ring (bicyclic) bond motifs is 1. The number of aromatic nitrogens is 3. The molecule has 7 nitrogen and oxygen atoms in total. The van der Waals surface area contributed by atoms with Crippen molar-refractivity contribution >= 4 is 32.6 Å². The van der Waals surface area contributed by atoms with Gasteiger partial charge in [0, 0.05) is 11.8 Å². The van der Waals surface area contributed by atoms with Crippen LogP contribution in [0.2, 0.25) is 0 Å². The highest BCUT2D eigenvalue weighted by molar-refractivity contribution is 7.91. The normalized spacial score (nSPS) is 12.2. The Hall–Kier alpha value is -5.93. The van der Waals surface area contributed by atoms with Gasteiger partial charge in [0.05, 0.1) is 15.2 Å². The average molecular weight is 695 g/mol. The fourth-order valence-corrected chi connectivity index (χ4v) is 7.69. The summed E-state index contributed by atoms with van der Waals surface area (Å²) >= 11 is 0. The molecule has 0 spiro atoms. The van der Waals surface area contributed by atoms with Crippen molar-refractivity contribution in [3.8, 4) is 0 Å². The minimum atomic E-state index is -4.20. The highest BCUT2D eigenvalue weighted by atomic mass is 32.2. The monoisotopic (exact) mass is 694 g/mol. The molecule has 0 aliphatic rings. The number of nitrogens with one attached hydrogen (secondary N) is 1. The van der Waals surface area contributed by atoms with Crippen molar-refractivity contribution in [2.24, 2.45) is 0 Å². The van der Waals surface area contributed by atoms with Gasteiger partial charge < -0.3 is 5.32 Å². The van der Waals surface area contributed by atoms with Crippen molar-refractivity contribution in [3.63, 3.8) is 0 Å². The van der Waals surface area contributed by atoms with Gasteiger partial charge >= 0.3 is 0 Å². The van der Waals surface area contributed by atoms with Crippen LogP contribution >= 0.6 is 0 Å². The van der Waals surface area contributed by atoms with Gasteiger partial charge in [0.1, 0.15) is 11.4 Å². The summed E-state index contributed by atoms with van der Waals surface area (Å²) < 4.78 is 43.6. The molecule has 7 rings (SSSR count). The first kappa shape index (κ1) is 33.6. The Labute approximate surface area is 296 Å². The lowest BCUT2D eigenvalue weighted by Crippen LogP contribution is -2.38. The molecule has 1 amide bonds. The summed E-state index contributed by atoms with van der Waals surface area (Å²) in [5.74, 6) is -0.988. The number of hydrogen-bond donors (Lipinski definition) is 1. The van der Waals surface area contributed by atoms with Crippen molar-refractivity contribution in [2.75, 3.05) is 5.32 Å². The van der Waals surface area contributed by atoms with Crippen LogP contribution in [0.1, 0.15) is 53.4 Å². The number of amides is 1. The Morgan fingerprint density at radius 3 is 1.73 bits per heavy atom. The van der Waals surface area contributed by atoms with Gasteiger partial charge in [-0.05, 0) is 64.1 Å². The summed E-state index contributed by atoms with van der Waals surface area (Å²) in [6, 6.07) is 43.1. The molecule has 0 unspecified atom stereocenters. The number of pyridine rings is 1. The predicted octanol–water partition coefficient (Wildman–Crippen LogP) is 8.79. The Morgan fingerprint density at radius 2 is 1.22 bits per heavy atom. The number of halogens is 1. The van der Waals surface area contributed by atoms with Crippen molar-refractivity contribution in [2.45, 2.75) is 41.5 Å². The largest absolute Gasteiger partial charge is 0.304 e. The molecule has 0 saturated heterocycles. The zero-order valence-corrected chi connectivity index (χ0v) is 29.1. The van der Waals surface area contributed by atoms with E-state index in [2.05, 4.69) is 26.1 Å². The van der Waals surface area contributed by atoms with Gasteiger partial charge in [-0.2, -0.15) is 5.10 Å². The molecule has 254 valence electrons. The second kappa shape index (κ2) is 13.1. The Balaban J connectivity index is 1.50. The van der Waals surface area contributed by atoms with Crippen molar-refractivity contribution < 1.29 is 17.6 Å². The topological polar surface area (TPSA) is 93.9 Å². The number of hydrogen-bond acceptors (Lipinski definition) is 5. The van der Waals surface area contributed by atoms with Crippen molar-refractivity contribution in [1.29, 1.82) is 0 Å². The van der Waals surface area contributed by atoms with Gasteiger partial charge in [0.25, 0.3) is 5.91 Å². The molecule has 1 N–H and O–H groups in total. The summed E-state index contributed by atoms with van der Waals surface area (Å²) in [5.41, 5.74) is 3.17. The summed E-state index contributed by atoms with van der Waals surface area (Å²) in [6.07, 6.45) is 1.25. The number of benzene rings is 5. The number of nitrogens with zero attached hydrogens (tertiary/aromatic N) is 3. The molecule has 51 heavy (non-hydrogen) atoms. The maximum atomic E-state index is 14.2. The lowest BCUT2D eigenvalue weighted by Gasteiger charge is -2.36. The lowest BCUT2D eigenvalue weighted by atomic mass is 9.77. The van der Waals surface area contributed by atoms with E-state index in [9.17, 15) is 17.6 Å². The molecule has 9 heteroatoms. The number of sulfone groups is 1. The smallest absolute Gasteiger partial charge is 0.256 e. The van der Waals surface area contributed by atoms with Crippen LogP contribution in [-0.4, -0.2) is 29.1 Å². The Bertz CT molecular complexity index is 2360. The van der Waals surface area contributed by atoms with Gasteiger partial charge in [-0.1, -0.05) is 130 Å². The van der Waals surface area contributed by atoms with Gasteiger partial charge in [-0.25, -0.2) is 22.5 Å². The van der Waals surface area contributed by atoms with Gasteiger partial charge in [-0.15, -0.1) is 0 Å². The molecule has 5 aromatic carbocycles. The first-order chi connectivity index (χ1) is 24.5. The highest BCUT2D eigenvalue weighted by Crippen LogP contribution is 2.43. The van der Waals surface area contributed by atoms with Crippen LogP contribution in [0.25, 0.3) is 11.0 Å². The molecular weight excluding hydrogens is 660 g/mol. The first-order valence-corrected chi connectivity index (χ1v) is 18.0. The molecule has 2 aromatic heterocycles. The molecule has 7 aromatic rings. The van der Waals surface area contributed by atoms with Gasteiger partial charge in [0.2, 0.25) is 9.84 Å². The minimum Gasteiger partial charge on any atom is -0.304 e. The number of carbonyl (C=O) groups is 1. The van der Waals surface area contributed by atoms with Gasteiger partial charge in [0.15, 0.2) is 11.5 Å². The van der Waals surface area contributed by atoms with E-state index < -0.39 is 27.1 Å². The first-order valence-electron chi connectivity index (χ1n) is 16.5. The minimum absolute atomic E-state index is 0.102. The molecule has 0 saturated carbocycles. The number of carbonyl (C=O) groups excluding carboxylic acids is 1. The summed E-state index contributed by atoms with van der Waals surface area (Å²) in [5, 5.41) is 8.35. The van der Waals surface area contributed by atoms with Crippen molar-refractivity contribution in [3.05, 3.63) is 185 Å². The summed E-state index contributed by atoms with van der Waals surface area (Å²) in [4.78, 5) is 18.3. The third-order valence-corrected chi connectivity index (χ3v) is 10.8. The van der Waals surface area contributed by atoms with E-state index in [1.54, 1.807) is 16.8 Å². The average Bonchev–Trinajstić information content (AvgIpc) is 3.50. The third kappa shape index (κ3) is 6.10. The van der Waals surface area contributed by atoms with E-state index >= 15 is 0 Å². The fraction of sp³-hybridized carbons (Fsp3) is 0.119. The number of rotatable bonds is 8. The van der Waals surface area contributed by atoms with Crippen LogP contribution in [-0.2, 0) is 20.8 Å². The van der Waals surface area contributed by atoms with E-state index in [-0.39, 0.29) is 21.0 Å². The van der Waals surface area contributed by atoms with Crippen LogP contribution < -0.4 is 5.32 Å². The Kier molecular flexibility index (Phi) is 8.60. The Morgan fingerprint density at radius 1 is 0.667 bits per heavy atom. The van der Waals surface area contributed by atoms with Crippen LogP contribution in [0.5, 0.6) is 0 Å². The predicted molar refractivity (Wildman–Crippen MR) is 197 cm³/mol. The standard InChI is InChI=1S/C42H35FN4O3S/c1-41(2,3)30-24-22-29(23-25-30)40(48)45-38-37-27-36(51(49,50)35-21-13-20-34(43)26-35)28-44-39(37)47(46-38)42(31-14-7-4-8-15-31,32-16-9-5-10-17-32)33-18-11-6-12-19-33/h4-28H,1-3H3,(H,45,46,48). The van der Waals surface area contributed by atoms with E-state index in [0.717, 1.165) is 28.3 Å². The van der Waals surface area contributed by atoms with Crippen LogP contribution in [0.4, 0.5) is 10.2 Å². The SMILES string of the molecule is CC(C)(C)c1ccc(C(=O)Nc2nn(C(c3ccccc3)(c3ccccc3)c3ccccc3)c3ncc(S(=O)(=O)c4cccc(F)c4)cc23)cc1. The fourth-order valence-electron chi connectivity index (χ4n) is 6.43. The molecule has 0 aliphatic heterocycles. The molecule has 0 bridgehead atoms. The number of anilines is 1. The second-order valence-corrected chi connectivity index (χ2v) is 15.3. The molecule has 0 radical (unpaired) electrons. The lowest BCUT2D eigenvalue weighted by molar-refractivity contribution is 0.102. The molecule has 0 aliphatic carbocycles. The van der Waals surface area contributed by atoms with Crippen molar-refractivity contribution in [1.82, 2.24) is 14.8 Å². The van der Waals surface area contributed by atoms with E-state index in [0.29, 0.717) is 16.6 Å². The van der Waals surface area contributed by atoms with E-state index in [1.165, 1.54) is 30.5 Å². The zero-order chi connectivity index (χ0) is 35.8. The quantitative estimate of drug-likeness (QED) is 0.161. The van der Waals surface area contributed by atoms with E-state index in [4.69, 9.17) is 10.1 Å². The molecule has 2 heterocycles. The maximum absolute atomic E-state index is 14.2. The summed E-state index contributed by atoms with van der Waals surface area (Å²) in [7, 11) is -4.20. The molecular formula is C42H35FN4O3S. The summed E-state index contributed by atoms with van der Waals surface area (Å²) in [6.45, 7) is 6.30.